The summed E-state index contributed by atoms with van der Waals surface area (Å²) in [5.41, 5.74) is -1.27. The third kappa shape index (κ3) is 4.66. The number of non-ortho nitro benzene ring substituents is 1. The Labute approximate surface area is 174 Å². The molecule has 11 nitrogen and oxygen atoms in total. The number of aromatic amines is 1. The van der Waals surface area contributed by atoms with E-state index in [0.717, 1.165) is 12.3 Å². The van der Waals surface area contributed by atoms with Gasteiger partial charge in [-0.25, -0.2) is 9.59 Å². The lowest BCUT2D eigenvalue weighted by Crippen LogP contribution is -2.32. The molecule has 160 valence electrons. The smallest absolute Gasteiger partial charge is 0.349 e. The molecule has 0 fully saturated rings. The van der Waals surface area contributed by atoms with Gasteiger partial charge in [0.1, 0.15) is 5.75 Å². The van der Waals surface area contributed by atoms with E-state index in [1.165, 1.54) is 25.1 Å². The molecule has 0 bridgehead atoms. The minimum atomic E-state index is -1.000. The summed E-state index contributed by atoms with van der Waals surface area (Å²) in [6.45, 7) is 3.26. The van der Waals surface area contributed by atoms with E-state index < -0.39 is 28.2 Å². The van der Waals surface area contributed by atoms with E-state index in [-0.39, 0.29) is 29.0 Å². The molecule has 1 N–H and O–H groups in total. The fraction of sp³-hybridized carbons (Fsp3) is 0.200. The predicted octanol–water partition coefficient (Wildman–Crippen LogP) is 1.81. The molecule has 1 atom stereocenters. The normalized spacial score (nSPS) is 12.1. The molecule has 1 aromatic heterocycles. The molecule has 11 heteroatoms. The third-order valence-electron chi connectivity index (χ3n) is 4.22. The quantitative estimate of drug-likeness (QED) is 0.262. The van der Waals surface area contributed by atoms with Crippen molar-refractivity contribution in [3.63, 3.8) is 0 Å². The highest BCUT2D eigenvalue weighted by Crippen LogP contribution is 2.24. The minimum Gasteiger partial charge on any atom is -0.478 e. The van der Waals surface area contributed by atoms with Crippen molar-refractivity contribution in [1.29, 1.82) is 0 Å². The summed E-state index contributed by atoms with van der Waals surface area (Å²) < 4.78 is 11.0. The number of ether oxygens (including phenoxy) is 2. The molecule has 31 heavy (non-hydrogen) atoms. The van der Waals surface area contributed by atoms with Crippen LogP contribution in [-0.2, 0) is 9.53 Å². The van der Waals surface area contributed by atoms with E-state index in [2.05, 4.69) is 10.1 Å². The molecule has 0 saturated carbocycles. The largest absolute Gasteiger partial charge is 0.478 e. The molecule has 0 amide bonds. The number of para-hydroxylation sites is 1. The number of benzene rings is 2. The fourth-order valence-electron chi connectivity index (χ4n) is 2.73. The Kier molecular flexibility index (Phi) is 6.24. The Morgan fingerprint density at radius 1 is 1.29 bits per heavy atom. The van der Waals surface area contributed by atoms with Crippen LogP contribution in [-0.4, -0.2) is 39.5 Å². The number of rotatable bonds is 7. The second kappa shape index (κ2) is 9.03. The molecule has 0 aliphatic rings. The Morgan fingerprint density at radius 3 is 2.74 bits per heavy atom. The zero-order chi connectivity index (χ0) is 22.5. The number of hydrogen-bond acceptors (Lipinski definition) is 8. The van der Waals surface area contributed by atoms with E-state index >= 15 is 0 Å². The van der Waals surface area contributed by atoms with Crippen molar-refractivity contribution in [2.75, 3.05) is 6.61 Å². The van der Waals surface area contributed by atoms with Gasteiger partial charge in [0.15, 0.2) is 6.10 Å². The number of nitro groups is 1. The third-order valence-corrected chi connectivity index (χ3v) is 4.22. The molecule has 0 aliphatic carbocycles. The van der Waals surface area contributed by atoms with E-state index in [1.807, 2.05) is 0 Å². The number of H-pyrrole nitrogens is 1. The van der Waals surface area contributed by atoms with Gasteiger partial charge >= 0.3 is 11.7 Å². The molecule has 2 aromatic carbocycles. The molecule has 3 rings (SSSR count). The van der Waals surface area contributed by atoms with Crippen LogP contribution < -0.4 is 16.0 Å². The fourth-order valence-corrected chi connectivity index (χ4v) is 2.73. The lowest BCUT2D eigenvalue weighted by molar-refractivity contribution is -0.384. The van der Waals surface area contributed by atoms with Crippen LogP contribution in [0.4, 0.5) is 5.69 Å². The zero-order valence-corrected chi connectivity index (χ0v) is 16.6. The predicted molar refractivity (Wildman–Crippen MR) is 112 cm³/mol. The summed E-state index contributed by atoms with van der Waals surface area (Å²) in [6, 6.07) is 10.1. The Morgan fingerprint density at radius 2 is 2.03 bits per heavy atom. The maximum absolute atomic E-state index is 12.6. The highest BCUT2D eigenvalue weighted by Gasteiger charge is 2.19. The average molecular weight is 426 g/mol. The highest BCUT2D eigenvalue weighted by atomic mass is 16.6. The van der Waals surface area contributed by atoms with Crippen molar-refractivity contribution in [1.82, 2.24) is 9.66 Å². The van der Waals surface area contributed by atoms with Crippen LogP contribution in [0.1, 0.15) is 19.4 Å². The van der Waals surface area contributed by atoms with Gasteiger partial charge in [-0.2, -0.15) is 5.10 Å². The van der Waals surface area contributed by atoms with Crippen molar-refractivity contribution in [2.24, 2.45) is 5.10 Å². The van der Waals surface area contributed by atoms with Gasteiger partial charge in [0.25, 0.3) is 11.2 Å². The number of fused-ring (bicyclic) bond motifs is 1. The van der Waals surface area contributed by atoms with E-state index in [4.69, 9.17) is 9.47 Å². The van der Waals surface area contributed by atoms with Crippen molar-refractivity contribution < 1.29 is 19.2 Å². The summed E-state index contributed by atoms with van der Waals surface area (Å²) in [6.07, 6.45) is 0.0753. The van der Waals surface area contributed by atoms with Crippen molar-refractivity contribution in [3.05, 3.63) is 79.0 Å². The minimum absolute atomic E-state index is 0.0835. The van der Waals surface area contributed by atoms with Gasteiger partial charge in [0.05, 0.1) is 28.6 Å². The van der Waals surface area contributed by atoms with Crippen LogP contribution in [0.15, 0.2) is 57.2 Å². The first-order valence-electron chi connectivity index (χ1n) is 9.22. The zero-order valence-electron chi connectivity index (χ0n) is 16.6. The van der Waals surface area contributed by atoms with Crippen molar-refractivity contribution in [3.8, 4) is 5.75 Å². The Bertz CT molecular complexity index is 1290. The van der Waals surface area contributed by atoms with Crippen LogP contribution in [0.3, 0.4) is 0 Å². The Balaban J connectivity index is 2.04. The molecule has 0 radical (unpaired) electrons. The SMILES string of the molecule is CCOC(=O)[C@H](C)Oc1ccc([N+](=O)[O-])cc1C=Nn1c(=O)[nH]c2ccccc2c1=O. The first-order chi connectivity index (χ1) is 14.8. The van der Waals surface area contributed by atoms with Crippen LogP contribution in [0.5, 0.6) is 5.75 Å². The second-order valence-electron chi connectivity index (χ2n) is 6.33. The number of carbonyl (C=O) groups is 1. The van der Waals surface area contributed by atoms with Crippen LogP contribution in [0.2, 0.25) is 0 Å². The molecule has 3 aromatic rings. The highest BCUT2D eigenvalue weighted by molar-refractivity contribution is 5.85. The topological polar surface area (TPSA) is 146 Å². The monoisotopic (exact) mass is 426 g/mol. The standard InChI is InChI=1S/C20H18N4O7/c1-3-30-19(26)12(2)31-17-9-8-14(24(28)29)10-13(17)11-21-23-18(25)15-6-4-5-7-16(15)22-20(23)27/h4-12H,3H2,1-2H3,(H,22,27)/t12-/m0/s1. The molecule has 1 heterocycles. The summed E-state index contributed by atoms with van der Waals surface area (Å²) >= 11 is 0. The summed E-state index contributed by atoms with van der Waals surface area (Å²) in [5, 5.41) is 15.3. The molecule has 0 saturated heterocycles. The van der Waals surface area contributed by atoms with Crippen LogP contribution >= 0.6 is 0 Å². The van der Waals surface area contributed by atoms with Crippen LogP contribution in [0.25, 0.3) is 10.9 Å². The van der Waals surface area contributed by atoms with Crippen LogP contribution in [0, 0.1) is 10.1 Å². The van der Waals surface area contributed by atoms with Gasteiger partial charge < -0.3 is 14.5 Å². The van der Waals surface area contributed by atoms with E-state index in [9.17, 15) is 24.5 Å². The number of nitro benzene ring substituents is 1. The second-order valence-corrected chi connectivity index (χ2v) is 6.33. The number of hydrogen-bond donors (Lipinski definition) is 1. The number of nitrogens with one attached hydrogen (secondary N) is 1. The lowest BCUT2D eigenvalue weighted by atomic mass is 10.2. The number of aromatic nitrogens is 2. The molecule has 0 unspecified atom stereocenters. The lowest BCUT2D eigenvalue weighted by Gasteiger charge is -2.14. The van der Waals surface area contributed by atoms with Gasteiger partial charge in [-0.3, -0.25) is 14.9 Å². The number of nitrogens with zero attached hydrogens (tertiary/aromatic N) is 3. The first kappa shape index (κ1) is 21.4. The maximum atomic E-state index is 12.6. The van der Waals surface area contributed by atoms with E-state index in [1.54, 1.807) is 25.1 Å². The molecular formula is C20H18N4O7. The molecule has 0 aliphatic heterocycles. The van der Waals surface area contributed by atoms with Gasteiger partial charge in [0.2, 0.25) is 0 Å². The number of carbonyl (C=O) groups excluding carboxylic acids is 1. The first-order valence-corrected chi connectivity index (χ1v) is 9.22. The van der Waals surface area contributed by atoms with Crippen molar-refractivity contribution in [2.45, 2.75) is 20.0 Å². The molecular weight excluding hydrogens is 408 g/mol. The van der Waals surface area contributed by atoms with Gasteiger partial charge in [-0.1, -0.05) is 12.1 Å². The van der Waals surface area contributed by atoms with E-state index in [0.29, 0.717) is 10.2 Å². The Hall–Kier alpha value is -4.28. The maximum Gasteiger partial charge on any atom is 0.349 e. The van der Waals surface area contributed by atoms with Gasteiger partial charge in [-0.05, 0) is 32.0 Å². The average Bonchev–Trinajstić information content (AvgIpc) is 2.74. The summed E-state index contributed by atoms with van der Waals surface area (Å²) in [7, 11) is 0. The molecule has 0 spiro atoms. The van der Waals surface area contributed by atoms with Gasteiger partial charge in [0, 0.05) is 17.7 Å². The summed E-state index contributed by atoms with van der Waals surface area (Å²) in [5.74, 6) is -0.536. The van der Waals surface area contributed by atoms with Gasteiger partial charge in [-0.15, -0.1) is 4.68 Å². The number of esters is 1. The van der Waals surface area contributed by atoms with Crippen molar-refractivity contribution >= 4 is 28.8 Å². The summed E-state index contributed by atoms with van der Waals surface area (Å²) in [4.78, 5) is 49.8.